The highest BCUT2D eigenvalue weighted by Gasteiger charge is 2.30. The van der Waals surface area contributed by atoms with Crippen LogP contribution in [0.2, 0.25) is 0 Å². The standard InChI is InChI=1S/C12H11F3O2/c1-8(6-11(16)17-2)9-4-3-5-10(7-9)12(13,14)15/h3-7H,1-2H3/b8-6+. The van der Waals surface area contributed by atoms with Crippen LogP contribution in [0.25, 0.3) is 5.57 Å². The zero-order chi connectivity index (χ0) is 13.1. The largest absolute Gasteiger partial charge is 0.466 e. The summed E-state index contributed by atoms with van der Waals surface area (Å²) in [6.07, 6.45) is -3.24. The fraction of sp³-hybridized carbons (Fsp3) is 0.250. The van der Waals surface area contributed by atoms with E-state index >= 15 is 0 Å². The molecule has 92 valence electrons. The molecule has 5 heteroatoms. The zero-order valence-corrected chi connectivity index (χ0v) is 9.34. The van der Waals surface area contributed by atoms with Crippen molar-refractivity contribution in [1.29, 1.82) is 0 Å². The fourth-order valence-corrected chi connectivity index (χ4v) is 1.26. The number of hydrogen-bond acceptors (Lipinski definition) is 2. The van der Waals surface area contributed by atoms with Crippen molar-refractivity contribution in [3.8, 4) is 0 Å². The van der Waals surface area contributed by atoms with Crippen molar-refractivity contribution in [3.63, 3.8) is 0 Å². The SMILES string of the molecule is COC(=O)/C=C(\C)c1cccc(C(F)(F)F)c1. The van der Waals surface area contributed by atoms with E-state index in [9.17, 15) is 18.0 Å². The van der Waals surface area contributed by atoms with Gasteiger partial charge >= 0.3 is 12.1 Å². The number of allylic oxidation sites excluding steroid dienone is 1. The van der Waals surface area contributed by atoms with E-state index in [1.165, 1.54) is 19.2 Å². The Morgan fingerprint density at radius 2 is 2.00 bits per heavy atom. The number of rotatable bonds is 2. The number of ether oxygens (including phenoxy) is 1. The highest BCUT2D eigenvalue weighted by atomic mass is 19.4. The van der Waals surface area contributed by atoms with Gasteiger partial charge < -0.3 is 4.74 Å². The fourth-order valence-electron chi connectivity index (χ4n) is 1.26. The van der Waals surface area contributed by atoms with Crippen LogP contribution in [0.1, 0.15) is 18.1 Å². The molecule has 0 aliphatic carbocycles. The van der Waals surface area contributed by atoms with Gasteiger partial charge in [-0.15, -0.1) is 0 Å². The molecular weight excluding hydrogens is 233 g/mol. The van der Waals surface area contributed by atoms with E-state index in [1.54, 1.807) is 6.92 Å². The average Bonchev–Trinajstić information content (AvgIpc) is 2.28. The third-order valence-corrected chi connectivity index (χ3v) is 2.18. The third-order valence-electron chi connectivity index (χ3n) is 2.18. The lowest BCUT2D eigenvalue weighted by molar-refractivity contribution is -0.137. The first-order chi connectivity index (χ1) is 7.84. The van der Waals surface area contributed by atoms with E-state index in [-0.39, 0.29) is 0 Å². The van der Waals surface area contributed by atoms with Crippen molar-refractivity contribution >= 4 is 11.5 Å². The highest BCUT2D eigenvalue weighted by molar-refractivity contribution is 5.90. The molecule has 0 saturated heterocycles. The Morgan fingerprint density at radius 1 is 1.35 bits per heavy atom. The summed E-state index contributed by atoms with van der Waals surface area (Å²) < 4.78 is 41.7. The van der Waals surface area contributed by atoms with E-state index in [2.05, 4.69) is 4.74 Å². The van der Waals surface area contributed by atoms with Crippen molar-refractivity contribution in [2.24, 2.45) is 0 Å². The lowest BCUT2D eigenvalue weighted by Crippen LogP contribution is -2.05. The van der Waals surface area contributed by atoms with Crippen LogP contribution in [0, 0.1) is 0 Å². The first-order valence-electron chi connectivity index (χ1n) is 4.78. The summed E-state index contributed by atoms with van der Waals surface area (Å²) in [5.41, 5.74) is 0.0146. The molecule has 17 heavy (non-hydrogen) atoms. The molecule has 2 nitrogen and oxygen atoms in total. The van der Waals surface area contributed by atoms with Crippen molar-refractivity contribution in [2.45, 2.75) is 13.1 Å². The van der Waals surface area contributed by atoms with Crippen molar-refractivity contribution < 1.29 is 22.7 Å². The topological polar surface area (TPSA) is 26.3 Å². The first-order valence-corrected chi connectivity index (χ1v) is 4.78. The molecule has 0 fully saturated rings. The minimum absolute atomic E-state index is 0.338. The second-order valence-corrected chi connectivity index (χ2v) is 3.43. The van der Waals surface area contributed by atoms with Gasteiger partial charge in [0.05, 0.1) is 12.7 Å². The number of halogens is 3. The third kappa shape index (κ3) is 3.62. The maximum atomic E-state index is 12.4. The van der Waals surface area contributed by atoms with Gasteiger partial charge in [0, 0.05) is 6.08 Å². The minimum Gasteiger partial charge on any atom is -0.466 e. The highest BCUT2D eigenvalue weighted by Crippen LogP contribution is 2.30. The van der Waals surface area contributed by atoms with Crippen LogP contribution in [0.4, 0.5) is 13.2 Å². The quantitative estimate of drug-likeness (QED) is 0.589. The molecule has 0 aliphatic rings. The molecule has 0 aliphatic heterocycles. The Bertz CT molecular complexity index is 447. The smallest absolute Gasteiger partial charge is 0.416 e. The maximum absolute atomic E-state index is 12.4. The molecule has 1 aromatic carbocycles. The Morgan fingerprint density at radius 3 is 2.53 bits per heavy atom. The van der Waals surface area contributed by atoms with Gasteiger partial charge in [-0.2, -0.15) is 13.2 Å². The van der Waals surface area contributed by atoms with Crippen LogP contribution in [-0.2, 0) is 15.7 Å². The normalized spacial score (nSPS) is 12.4. The second kappa shape index (κ2) is 5.03. The van der Waals surface area contributed by atoms with Gasteiger partial charge in [-0.05, 0) is 30.2 Å². The predicted octanol–water partition coefficient (Wildman–Crippen LogP) is 3.28. The summed E-state index contributed by atoms with van der Waals surface area (Å²) in [6, 6.07) is 4.78. The van der Waals surface area contributed by atoms with Crippen LogP contribution in [0.15, 0.2) is 30.3 Å². The van der Waals surface area contributed by atoms with Gasteiger partial charge in [0.2, 0.25) is 0 Å². The van der Waals surface area contributed by atoms with Gasteiger partial charge in [-0.1, -0.05) is 12.1 Å². The summed E-state index contributed by atoms with van der Waals surface area (Å²) in [6.45, 7) is 1.55. The van der Waals surface area contributed by atoms with Gasteiger partial charge in [-0.3, -0.25) is 0 Å². The van der Waals surface area contributed by atoms with E-state index in [0.29, 0.717) is 11.1 Å². The molecule has 0 radical (unpaired) electrons. The molecule has 1 rings (SSSR count). The van der Waals surface area contributed by atoms with Crippen LogP contribution in [0.5, 0.6) is 0 Å². The Hall–Kier alpha value is -1.78. The predicted molar refractivity (Wildman–Crippen MR) is 57.1 cm³/mol. The summed E-state index contributed by atoms with van der Waals surface area (Å²) in [7, 11) is 1.21. The Kier molecular flexibility index (Phi) is 3.93. The molecule has 0 aromatic heterocycles. The van der Waals surface area contributed by atoms with E-state index < -0.39 is 17.7 Å². The summed E-state index contributed by atoms with van der Waals surface area (Å²) in [5.74, 6) is -0.597. The summed E-state index contributed by atoms with van der Waals surface area (Å²) in [4.78, 5) is 11.0. The molecular formula is C12H11F3O2. The molecule has 0 N–H and O–H groups in total. The van der Waals surface area contributed by atoms with E-state index in [4.69, 9.17) is 0 Å². The van der Waals surface area contributed by atoms with E-state index in [1.807, 2.05) is 0 Å². The molecule has 0 heterocycles. The summed E-state index contributed by atoms with van der Waals surface area (Å²) in [5, 5.41) is 0. The molecule has 0 unspecified atom stereocenters. The number of benzene rings is 1. The Balaban J connectivity index is 3.08. The number of hydrogen-bond donors (Lipinski definition) is 0. The minimum atomic E-state index is -4.39. The van der Waals surface area contributed by atoms with Crippen molar-refractivity contribution in [2.75, 3.05) is 7.11 Å². The average molecular weight is 244 g/mol. The molecule has 0 saturated carbocycles. The zero-order valence-electron chi connectivity index (χ0n) is 9.34. The van der Waals surface area contributed by atoms with Crippen molar-refractivity contribution in [3.05, 3.63) is 41.5 Å². The summed E-state index contributed by atoms with van der Waals surface area (Å²) >= 11 is 0. The van der Waals surface area contributed by atoms with Gasteiger partial charge in [0.25, 0.3) is 0 Å². The number of alkyl halides is 3. The van der Waals surface area contributed by atoms with Gasteiger partial charge in [0.15, 0.2) is 0 Å². The number of carbonyl (C=O) groups is 1. The Labute approximate surface area is 96.7 Å². The molecule has 0 bridgehead atoms. The second-order valence-electron chi connectivity index (χ2n) is 3.43. The number of carbonyl (C=O) groups excluding carboxylic acids is 1. The number of esters is 1. The lowest BCUT2D eigenvalue weighted by atomic mass is 10.0. The lowest BCUT2D eigenvalue weighted by Gasteiger charge is -2.08. The maximum Gasteiger partial charge on any atom is 0.416 e. The molecule has 0 spiro atoms. The van der Waals surface area contributed by atoms with Crippen LogP contribution in [-0.4, -0.2) is 13.1 Å². The van der Waals surface area contributed by atoms with Crippen LogP contribution >= 0.6 is 0 Å². The van der Waals surface area contributed by atoms with Gasteiger partial charge in [-0.25, -0.2) is 4.79 Å². The first kappa shape index (κ1) is 13.3. The van der Waals surface area contributed by atoms with Crippen LogP contribution < -0.4 is 0 Å². The monoisotopic (exact) mass is 244 g/mol. The molecule has 0 amide bonds. The molecule has 1 aromatic rings. The van der Waals surface area contributed by atoms with Gasteiger partial charge in [0.1, 0.15) is 0 Å². The molecule has 0 atom stereocenters. The van der Waals surface area contributed by atoms with Crippen LogP contribution in [0.3, 0.4) is 0 Å². The van der Waals surface area contributed by atoms with Crippen molar-refractivity contribution in [1.82, 2.24) is 0 Å². The number of methoxy groups -OCH3 is 1. The van der Waals surface area contributed by atoms with E-state index in [0.717, 1.165) is 18.2 Å².